The maximum atomic E-state index is 6.13. The lowest BCUT2D eigenvalue weighted by molar-refractivity contribution is 0.200. The zero-order valence-electron chi connectivity index (χ0n) is 12.8. The molecule has 1 fully saturated rings. The highest BCUT2D eigenvalue weighted by Gasteiger charge is 2.19. The van der Waals surface area contributed by atoms with Crippen LogP contribution in [0.25, 0.3) is 10.9 Å². The maximum Gasteiger partial charge on any atom is 0.128 e. The van der Waals surface area contributed by atoms with Crippen LogP contribution in [0.3, 0.4) is 0 Å². The molecular formula is C17H23N3O. The van der Waals surface area contributed by atoms with Crippen molar-refractivity contribution in [2.24, 2.45) is 5.92 Å². The van der Waals surface area contributed by atoms with Crippen LogP contribution in [-0.4, -0.2) is 30.6 Å². The number of rotatable bonds is 5. The van der Waals surface area contributed by atoms with Crippen LogP contribution >= 0.6 is 0 Å². The Balaban J connectivity index is 1.79. The number of aromatic nitrogens is 1. The molecule has 1 aromatic heterocycles. The van der Waals surface area contributed by atoms with Gasteiger partial charge in [-0.25, -0.2) is 4.98 Å². The highest BCUT2D eigenvalue weighted by molar-refractivity contribution is 5.82. The minimum absolute atomic E-state index is 0.621. The largest absolute Gasteiger partial charge is 0.497 e. The fourth-order valence-corrected chi connectivity index (χ4v) is 2.93. The first-order chi connectivity index (χ1) is 10.2. The molecule has 0 saturated heterocycles. The molecule has 0 unspecified atom stereocenters. The molecule has 1 heterocycles. The lowest BCUT2D eigenvalue weighted by Gasteiger charge is -2.30. The van der Waals surface area contributed by atoms with E-state index in [4.69, 9.17) is 10.5 Å². The van der Waals surface area contributed by atoms with E-state index in [1.54, 1.807) is 7.11 Å². The van der Waals surface area contributed by atoms with Gasteiger partial charge >= 0.3 is 0 Å². The molecule has 0 radical (unpaired) electrons. The number of benzene rings is 1. The minimum Gasteiger partial charge on any atom is -0.497 e. The van der Waals surface area contributed by atoms with Crippen LogP contribution in [0, 0.1) is 5.92 Å². The average Bonchev–Trinajstić information content (AvgIpc) is 2.43. The molecule has 1 aromatic carbocycles. The molecule has 3 rings (SSSR count). The lowest BCUT2D eigenvalue weighted by atomic mass is 9.85. The zero-order valence-corrected chi connectivity index (χ0v) is 12.8. The van der Waals surface area contributed by atoms with Gasteiger partial charge in [-0.2, -0.15) is 0 Å². The first-order valence-electron chi connectivity index (χ1n) is 7.57. The summed E-state index contributed by atoms with van der Waals surface area (Å²) in [5, 5.41) is 1.11. The second-order valence-corrected chi connectivity index (χ2v) is 6.09. The van der Waals surface area contributed by atoms with Crippen molar-refractivity contribution in [1.82, 2.24) is 9.88 Å². The normalized spacial score (nSPS) is 15.4. The second-order valence-electron chi connectivity index (χ2n) is 6.09. The Labute approximate surface area is 125 Å². The summed E-state index contributed by atoms with van der Waals surface area (Å²) in [6.45, 7) is 2.01. The molecule has 1 saturated carbocycles. The van der Waals surface area contributed by atoms with Gasteiger partial charge in [0.15, 0.2) is 0 Å². The van der Waals surface area contributed by atoms with Crippen molar-refractivity contribution in [2.45, 2.75) is 25.8 Å². The van der Waals surface area contributed by atoms with Crippen LogP contribution in [-0.2, 0) is 6.54 Å². The standard InChI is InChI=1S/C17H23N3O/c1-20(10-12-4-3-5-12)11-14-8-13-6-7-15(21-2)9-16(13)19-17(14)18/h6-9,12H,3-5,10-11H2,1-2H3,(H2,18,19). The van der Waals surface area contributed by atoms with Crippen LogP contribution in [0.2, 0.25) is 0 Å². The van der Waals surface area contributed by atoms with Gasteiger partial charge in [0, 0.05) is 30.1 Å². The first-order valence-corrected chi connectivity index (χ1v) is 7.57. The maximum absolute atomic E-state index is 6.13. The number of hydrogen-bond acceptors (Lipinski definition) is 4. The summed E-state index contributed by atoms with van der Waals surface area (Å²) >= 11 is 0. The molecular weight excluding hydrogens is 262 g/mol. The SMILES string of the molecule is COc1ccc2cc(CN(C)CC3CCC3)c(N)nc2c1. The van der Waals surface area contributed by atoms with Gasteiger partial charge in [-0.3, -0.25) is 0 Å². The van der Waals surface area contributed by atoms with E-state index in [2.05, 4.69) is 23.0 Å². The number of methoxy groups -OCH3 is 1. The van der Waals surface area contributed by atoms with Gasteiger partial charge in [0.1, 0.15) is 11.6 Å². The van der Waals surface area contributed by atoms with Crippen molar-refractivity contribution >= 4 is 16.7 Å². The number of fused-ring (bicyclic) bond motifs is 1. The predicted octanol–water partition coefficient (Wildman–Crippen LogP) is 3.06. The number of hydrogen-bond donors (Lipinski definition) is 1. The fraction of sp³-hybridized carbons (Fsp3) is 0.471. The average molecular weight is 285 g/mol. The molecule has 0 amide bonds. The van der Waals surface area contributed by atoms with E-state index >= 15 is 0 Å². The van der Waals surface area contributed by atoms with E-state index in [0.29, 0.717) is 5.82 Å². The van der Waals surface area contributed by atoms with E-state index in [0.717, 1.165) is 41.2 Å². The van der Waals surface area contributed by atoms with Gasteiger partial charge in [0.05, 0.1) is 12.6 Å². The molecule has 0 spiro atoms. The Hall–Kier alpha value is -1.81. The van der Waals surface area contributed by atoms with Gasteiger partial charge in [-0.1, -0.05) is 6.42 Å². The third kappa shape index (κ3) is 3.10. The summed E-state index contributed by atoms with van der Waals surface area (Å²) in [4.78, 5) is 6.88. The van der Waals surface area contributed by atoms with E-state index in [1.165, 1.54) is 19.3 Å². The molecule has 1 aliphatic carbocycles. The third-order valence-electron chi connectivity index (χ3n) is 4.37. The number of nitrogen functional groups attached to an aromatic ring is 1. The number of anilines is 1. The molecule has 2 N–H and O–H groups in total. The summed E-state index contributed by atoms with van der Waals surface area (Å²) in [7, 11) is 3.82. The van der Waals surface area contributed by atoms with Crippen molar-refractivity contribution in [3.63, 3.8) is 0 Å². The Morgan fingerprint density at radius 3 is 2.81 bits per heavy atom. The minimum atomic E-state index is 0.621. The molecule has 21 heavy (non-hydrogen) atoms. The molecule has 2 aromatic rings. The Kier molecular flexibility index (Phi) is 3.97. The van der Waals surface area contributed by atoms with E-state index in [1.807, 2.05) is 18.2 Å². The van der Waals surface area contributed by atoms with Crippen molar-refractivity contribution in [2.75, 3.05) is 26.4 Å². The Morgan fingerprint density at radius 1 is 1.33 bits per heavy atom. The Bertz CT molecular complexity index is 637. The topological polar surface area (TPSA) is 51.4 Å². The Morgan fingerprint density at radius 2 is 2.14 bits per heavy atom. The van der Waals surface area contributed by atoms with Gasteiger partial charge < -0.3 is 15.4 Å². The molecule has 0 aliphatic heterocycles. The second kappa shape index (κ2) is 5.90. The van der Waals surface area contributed by atoms with Crippen LogP contribution in [0.5, 0.6) is 5.75 Å². The van der Waals surface area contributed by atoms with Crippen LogP contribution in [0.15, 0.2) is 24.3 Å². The molecule has 4 nitrogen and oxygen atoms in total. The monoisotopic (exact) mass is 285 g/mol. The van der Waals surface area contributed by atoms with Gasteiger partial charge in [0.25, 0.3) is 0 Å². The lowest BCUT2D eigenvalue weighted by Crippen LogP contribution is -2.29. The summed E-state index contributed by atoms with van der Waals surface area (Å²) in [6, 6.07) is 8.07. The van der Waals surface area contributed by atoms with E-state index in [-0.39, 0.29) is 0 Å². The summed E-state index contributed by atoms with van der Waals surface area (Å²) in [5.41, 5.74) is 8.12. The van der Waals surface area contributed by atoms with Crippen molar-refractivity contribution in [3.8, 4) is 5.75 Å². The number of ether oxygens (including phenoxy) is 1. The number of nitrogens with two attached hydrogens (primary N) is 1. The molecule has 0 atom stereocenters. The highest BCUT2D eigenvalue weighted by atomic mass is 16.5. The van der Waals surface area contributed by atoms with Crippen molar-refractivity contribution < 1.29 is 4.74 Å². The number of nitrogens with zero attached hydrogens (tertiary/aromatic N) is 2. The van der Waals surface area contributed by atoms with E-state index in [9.17, 15) is 0 Å². The summed E-state index contributed by atoms with van der Waals surface area (Å²) < 4.78 is 5.23. The molecule has 112 valence electrons. The number of pyridine rings is 1. The predicted molar refractivity (Wildman–Crippen MR) is 86.4 cm³/mol. The van der Waals surface area contributed by atoms with Crippen molar-refractivity contribution in [3.05, 3.63) is 29.8 Å². The van der Waals surface area contributed by atoms with Gasteiger partial charge in [0.2, 0.25) is 0 Å². The molecule has 4 heteroatoms. The fourth-order valence-electron chi connectivity index (χ4n) is 2.93. The highest BCUT2D eigenvalue weighted by Crippen LogP contribution is 2.28. The van der Waals surface area contributed by atoms with Crippen LogP contribution in [0.4, 0.5) is 5.82 Å². The third-order valence-corrected chi connectivity index (χ3v) is 4.37. The quantitative estimate of drug-likeness (QED) is 0.917. The van der Waals surface area contributed by atoms with E-state index < -0.39 is 0 Å². The zero-order chi connectivity index (χ0) is 14.8. The van der Waals surface area contributed by atoms with Crippen LogP contribution < -0.4 is 10.5 Å². The van der Waals surface area contributed by atoms with Crippen molar-refractivity contribution in [1.29, 1.82) is 0 Å². The first kappa shape index (κ1) is 14.1. The smallest absolute Gasteiger partial charge is 0.128 e. The summed E-state index contributed by atoms with van der Waals surface area (Å²) in [6.07, 6.45) is 4.13. The summed E-state index contributed by atoms with van der Waals surface area (Å²) in [5.74, 6) is 2.30. The van der Waals surface area contributed by atoms with Gasteiger partial charge in [-0.05, 0) is 44.0 Å². The van der Waals surface area contributed by atoms with Gasteiger partial charge in [-0.15, -0.1) is 0 Å². The molecule has 0 bridgehead atoms. The molecule has 1 aliphatic rings. The van der Waals surface area contributed by atoms with Crippen LogP contribution in [0.1, 0.15) is 24.8 Å².